The van der Waals surface area contributed by atoms with Gasteiger partial charge in [-0.15, -0.1) is 0 Å². The lowest BCUT2D eigenvalue weighted by molar-refractivity contribution is 0.0939. The highest BCUT2D eigenvalue weighted by Gasteiger charge is 2.18. The summed E-state index contributed by atoms with van der Waals surface area (Å²) in [7, 11) is -3.79. The van der Waals surface area contributed by atoms with E-state index in [2.05, 4.69) is 10.0 Å². The first-order chi connectivity index (χ1) is 13.3. The molecule has 0 aliphatic heterocycles. The van der Waals surface area contributed by atoms with Gasteiger partial charge < -0.3 is 9.73 Å². The van der Waals surface area contributed by atoms with Gasteiger partial charge in [-0.2, -0.15) is 0 Å². The number of carbonyl (C=O) groups excluding carboxylic acids is 1. The molecule has 0 saturated heterocycles. The van der Waals surface area contributed by atoms with Crippen LogP contribution in [0.2, 0.25) is 5.02 Å². The number of rotatable bonds is 7. The molecule has 3 aromatic rings. The summed E-state index contributed by atoms with van der Waals surface area (Å²) < 4.78 is 32.5. The van der Waals surface area contributed by atoms with E-state index in [1.54, 1.807) is 36.4 Å². The molecule has 6 nitrogen and oxygen atoms in total. The summed E-state index contributed by atoms with van der Waals surface area (Å²) in [5.74, 6) is 0.114. The first-order valence-corrected chi connectivity index (χ1v) is 10.4. The van der Waals surface area contributed by atoms with Crippen LogP contribution in [0.1, 0.15) is 34.6 Å². The lowest BCUT2D eigenvalue weighted by Crippen LogP contribution is -2.27. The SMILES string of the molecule is CC(NC(=O)c1cccc(S(=O)(=O)NCc2ccco2)c1)c1cccc(Cl)c1. The molecule has 146 valence electrons. The van der Waals surface area contributed by atoms with Crippen LogP contribution in [-0.4, -0.2) is 14.3 Å². The zero-order valence-corrected chi connectivity index (χ0v) is 16.6. The molecule has 1 atom stereocenters. The lowest BCUT2D eigenvalue weighted by atomic mass is 10.1. The second-order valence-corrected chi connectivity index (χ2v) is 8.39. The first-order valence-electron chi connectivity index (χ1n) is 8.53. The fourth-order valence-corrected chi connectivity index (χ4v) is 3.84. The molecule has 0 bridgehead atoms. The van der Waals surface area contributed by atoms with E-state index in [1.807, 2.05) is 13.0 Å². The largest absolute Gasteiger partial charge is 0.468 e. The minimum absolute atomic E-state index is 0.00196. The molecule has 0 fully saturated rings. The molecule has 1 unspecified atom stereocenters. The molecule has 1 heterocycles. The Balaban J connectivity index is 1.72. The van der Waals surface area contributed by atoms with Gasteiger partial charge in [-0.1, -0.05) is 29.8 Å². The van der Waals surface area contributed by atoms with Gasteiger partial charge in [0.1, 0.15) is 5.76 Å². The normalized spacial score (nSPS) is 12.5. The summed E-state index contributed by atoms with van der Waals surface area (Å²) in [6, 6.07) is 16.1. The number of hydrogen-bond acceptors (Lipinski definition) is 4. The van der Waals surface area contributed by atoms with Gasteiger partial charge in [-0.25, -0.2) is 13.1 Å². The Morgan fingerprint density at radius 1 is 1.11 bits per heavy atom. The Morgan fingerprint density at radius 3 is 2.61 bits per heavy atom. The van der Waals surface area contributed by atoms with Crippen molar-refractivity contribution in [1.82, 2.24) is 10.0 Å². The summed E-state index contributed by atoms with van der Waals surface area (Å²) in [5.41, 5.74) is 1.10. The van der Waals surface area contributed by atoms with Crippen molar-refractivity contribution < 1.29 is 17.6 Å². The van der Waals surface area contributed by atoms with Crippen LogP contribution in [0.15, 0.2) is 76.2 Å². The summed E-state index contributed by atoms with van der Waals surface area (Å²) in [5, 5.41) is 3.42. The van der Waals surface area contributed by atoms with Gasteiger partial charge in [0.05, 0.1) is 23.7 Å². The highest BCUT2D eigenvalue weighted by atomic mass is 35.5. The third-order valence-electron chi connectivity index (χ3n) is 4.12. The molecule has 2 aromatic carbocycles. The van der Waals surface area contributed by atoms with E-state index in [9.17, 15) is 13.2 Å². The van der Waals surface area contributed by atoms with Crippen LogP contribution in [0, 0.1) is 0 Å². The number of hydrogen-bond donors (Lipinski definition) is 2. The Kier molecular flexibility index (Phi) is 6.18. The van der Waals surface area contributed by atoms with Crippen LogP contribution in [0.25, 0.3) is 0 Å². The molecule has 0 aliphatic rings. The van der Waals surface area contributed by atoms with Gasteiger partial charge in [0, 0.05) is 10.6 Å². The molecule has 1 aromatic heterocycles. The number of amides is 1. The van der Waals surface area contributed by atoms with Crippen molar-refractivity contribution >= 4 is 27.5 Å². The number of sulfonamides is 1. The quantitative estimate of drug-likeness (QED) is 0.609. The zero-order chi connectivity index (χ0) is 20.1. The summed E-state index contributed by atoms with van der Waals surface area (Å²) in [6.45, 7) is 1.85. The highest BCUT2D eigenvalue weighted by molar-refractivity contribution is 7.89. The second-order valence-electron chi connectivity index (χ2n) is 6.18. The fourth-order valence-electron chi connectivity index (χ4n) is 2.61. The van der Waals surface area contributed by atoms with Gasteiger partial charge in [-0.05, 0) is 55.0 Å². The number of halogens is 1. The molecule has 8 heteroatoms. The first kappa shape index (κ1) is 20.1. The molecule has 0 spiro atoms. The molecular formula is C20H19ClN2O4S. The number of nitrogens with one attached hydrogen (secondary N) is 2. The Labute approximate surface area is 168 Å². The van der Waals surface area contributed by atoms with Crippen molar-refractivity contribution in [3.05, 3.63) is 88.8 Å². The molecule has 3 rings (SSSR count). The van der Waals surface area contributed by atoms with Crippen molar-refractivity contribution in [2.24, 2.45) is 0 Å². The maximum absolute atomic E-state index is 12.6. The molecule has 1 amide bonds. The van der Waals surface area contributed by atoms with Gasteiger partial charge >= 0.3 is 0 Å². The molecule has 2 N–H and O–H groups in total. The van der Waals surface area contributed by atoms with Gasteiger partial charge in [-0.3, -0.25) is 4.79 Å². The Bertz CT molecular complexity index is 1070. The molecular weight excluding hydrogens is 400 g/mol. The van der Waals surface area contributed by atoms with E-state index < -0.39 is 10.0 Å². The Hall–Kier alpha value is -2.61. The van der Waals surface area contributed by atoms with E-state index in [1.165, 1.54) is 24.5 Å². The molecule has 28 heavy (non-hydrogen) atoms. The standard InChI is InChI=1S/C20H19ClN2O4S/c1-14(15-5-2-7-17(21)11-15)23-20(24)16-6-3-9-19(12-16)28(25,26)22-13-18-8-4-10-27-18/h2-12,14,22H,13H2,1H3,(H,23,24). The van der Waals surface area contributed by atoms with Crippen LogP contribution < -0.4 is 10.0 Å². The predicted molar refractivity (Wildman–Crippen MR) is 107 cm³/mol. The van der Waals surface area contributed by atoms with Crippen molar-refractivity contribution in [3.8, 4) is 0 Å². The smallest absolute Gasteiger partial charge is 0.251 e. The Morgan fingerprint density at radius 2 is 1.89 bits per heavy atom. The van der Waals surface area contributed by atoms with Gasteiger partial charge in [0.25, 0.3) is 5.91 Å². The van der Waals surface area contributed by atoms with E-state index in [0.717, 1.165) is 5.56 Å². The summed E-state index contributed by atoms with van der Waals surface area (Å²) >= 11 is 5.99. The van der Waals surface area contributed by atoms with Crippen LogP contribution in [0.5, 0.6) is 0 Å². The third-order valence-corrected chi connectivity index (χ3v) is 5.75. The van der Waals surface area contributed by atoms with Crippen LogP contribution in [0.3, 0.4) is 0 Å². The monoisotopic (exact) mass is 418 g/mol. The summed E-state index contributed by atoms with van der Waals surface area (Å²) in [4.78, 5) is 12.6. The van der Waals surface area contributed by atoms with Crippen LogP contribution in [0.4, 0.5) is 0 Å². The molecule has 0 radical (unpaired) electrons. The number of carbonyl (C=O) groups is 1. The maximum atomic E-state index is 12.6. The highest BCUT2D eigenvalue weighted by Crippen LogP contribution is 2.18. The predicted octanol–water partition coefficient (Wildman–Crippen LogP) is 3.90. The minimum Gasteiger partial charge on any atom is -0.468 e. The van der Waals surface area contributed by atoms with E-state index >= 15 is 0 Å². The van der Waals surface area contributed by atoms with Crippen LogP contribution >= 0.6 is 11.6 Å². The second kappa shape index (κ2) is 8.60. The van der Waals surface area contributed by atoms with Crippen molar-refractivity contribution in [3.63, 3.8) is 0 Å². The number of benzene rings is 2. The molecule has 0 saturated carbocycles. The van der Waals surface area contributed by atoms with Crippen molar-refractivity contribution in [2.45, 2.75) is 24.4 Å². The lowest BCUT2D eigenvalue weighted by Gasteiger charge is -2.15. The van der Waals surface area contributed by atoms with Gasteiger partial charge in [0.15, 0.2) is 0 Å². The van der Waals surface area contributed by atoms with Crippen LogP contribution in [-0.2, 0) is 16.6 Å². The van der Waals surface area contributed by atoms with E-state index in [4.69, 9.17) is 16.0 Å². The van der Waals surface area contributed by atoms with E-state index in [-0.39, 0.29) is 29.0 Å². The van der Waals surface area contributed by atoms with Gasteiger partial charge in [0.2, 0.25) is 10.0 Å². The zero-order valence-electron chi connectivity index (χ0n) is 15.1. The van der Waals surface area contributed by atoms with E-state index in [0.29, 0.717) is 10.8 Å². The van der Waals surface area contributed by atoms with Crippen molar-refractivity contribution in [2.75, 3.05) is 0 Å². The number of furan rings is 1. The fraction of sp³-hybridized carbons (Fsp3) is 0.150. The minimum atomic E-state index is -3.79. The molecule has 0 aliphatic carbocycles. The topological polar surface area (TPSA) is 88.4 Å². The average molecular weight is 419 g/mol. The maximum Gasteiger partial charge on any atom is 0.251 e. The average Bonchev–Trinajstić information content (AvgIpc) is 3.20. The summed E-state index contributed by atoms with van der Waals surface area (Å²) in [6.07, 6.45) is 1.47. The van der Waals surface area contributed by atoms with Crippen molar-refractivity contribution in [1.29, 1.82) is 0 Å². The third kappa shape index (κ3) is 5.01.